The van der Waals surface area contributed by atoms with Gasteiger partial charge in [-0.25, -0.2) is 0 Å². The molecule has 1 aromatic carbocycles. The zero-order valence-corrected chi connectivity index (χ0v) is 13.1. The van der Waals surface area contributed by atoms with Crippen molar-refractivity contribution < 1.29 is 14.6 Å². The van der Waals surface area contributed by atoms with Gasteiger partial charge in [0.05, 0.1) is 13.7 Å². The highest BCUT2D eigenvalue weighted by atomic mass is 79.9. The highest BCUT2D eigenvalue weighted by molar-refractivity contribution is 9.10. The number of benzene rings is 1. The second kappa shape index (κ2) is 9.18. The average molecular weight is 332 g/mol. The molecule has 0 amide bonds. The van der Waals surface area contributed by atoms with Crippen molar-refractivity contribution in [3.05, 3.63) is 22.2 Å². The van der Waals surface area contributed by atoms with Crippen molar-refractivity contribution in [2.24, 2.45) is 0 Å². The number of aliphatic hydroxyl groups is 1. The molecule has 1 rings (SSSR count). The van der Waals surface area contributed by atoms with Crippen LogP contribution >= 0.6 is 15.9 Å². The van der Waals surface area contributed by atoms with Crippen molar-refractivity contribution in [3.63, 3.8) is 0 Å². The predicted octanol–water partition coefficient (Wildman–Crippen LogP) is 2.72. The number of halogens is 1. The van der Waals surface area contributed by atoms with Crippen molar-refractivity contribution in [1.82, 2.24) is 5.32 Å². The molecule has 0 aliphatic carbocycles. The summed E-state index contributed by atoms with van der Waals surface area (Å²) in [5, 5.41) is 12.0. The first-order chi connectivity index (χ1) is 9.22. The van der Waals surface area contributed by atoms with E-state index in [0.29, 0.717) is 13.2 Å². The van der Waals surface area contributed by atoms with Crippen LogP contribution in [0.4, 0.5) is 0 Å². The molecule has 0 heterocycles. The van der Waals surface area contributed by atoms with E-state index in [1.807, 2.05) is 12.1 Å². The lowest BCUT2D eigenvalue weighted by Gasteiger charge is -2.16. The Bertz CT molecular complexity index is 385. The molecule has 0 bridgehead atoms. The predicted molar refractivity (Wildman–Crippen MR) is 79.9 cm³/mol. The number of methoxy groups -OCH3 is 1. The topological polar surface area (TPSA) is 50.7 Å². The van der Waals surface area contributed by atoms with Crippen LogP contribution < -0.4 is 14.8 Å². The van der Waals surface area contributed by atoms with Crippen molar-refractivity contribution in [3.8, 4) is 11.5 Å². The first-order valence-corrected chi connectivity index (χ1v) is 7.33. The Morgan fingerprint density at radius 2 is 2.16 bits per heavy atom. The average Bonchev–Trinajstić information content (AvgIpc) is 2.41. The van der Waals surface area contributed by atoms with Gasteiger partial charge in [-0.2, -0.15) is 0 Å². The van der Waals surface area contributed by atoms with Crippen LogP contribution in [0.25, 0.3) is 0 Å². The summed E-state index contributed by atoms with van der Waals surface area (Å²) in [5.41, 5.74) is 1.05. The first kappa shape index (κ1) is 16.3. The Balaban J connectivity index is 2.82. The smallest absolute Gasteiger partial charge is 0.165 e. The fourth-order valence-corrected chi connectivity index (χ4v) is 2.18. The standard InChI is InChI=1S/C14H22BrNO3/c1-3-7-19-14-11(10-16-5-4-6-17)8-12(15)9-13(14)18-2/h8-9,16-17H,3-7,10H2,1-2H3. The minimum absolute atomic E-state index is 0.202. The van der Waals surface area contributed by atoms with E-state index in [1.54, 1.807) is 7.11 Å². The van der Waals surface area contributed by atoms with Crippen molar-refractivity contribution in [2.45, 2.75) is 26.3 Å². The van der Waals surface area contributed by atoms with Gasteiger partial charge in [-0.3, -0.25) is 0 Å². The van der Waals surface area contributed by atoms with Gasteiger partial charge >= 0.3 is 0 Å². The zero-order valence-electron chi connectivity index (χ0n) is 11.5. The van der Waals surface area contributed by atoms with E-state index < -0.39 is 0 Å². The third kappa shape index (κ3) is 5.38. The van der Waals surface area contributed by atoms with E-state index in [1.165, 1.54) is 0 Å². The molecule has 4 nitrogen and oxygen atoms in total. The van der Waals surface area contributed by atoms with Gasteiger partial charge in [0.15, 0.2) is 11.5 Å². The molecule has 0 fully saturated rings. The quantitative estimate of drug-likeness (QED) is 0.683. The Kier molecular flexibility index (Phi) is 7.86. The van der Waals surface area contributed by atoms with E-state index in [2.05, 4.69) is 28.2 Å². The van der Waals surface area contributed by atoms with E-state index in [0.717, 1.165) is 40.9 Å². The molecule has 5 heteroatoms. The van der Waals surface area contributed by atoms with Crippen LogP contribution in [-0.2, 0) is 6.54 Å². The fraction of sp³-hybridized carbons (Fsp3) is 0.571. The molecule has 0 unspecified atom stereocenters. The van der Waals surface area contributed by atoms with Gasteiger partial charge in [0.25, 0.3) is 0 Å². The number of rotatable bonds is 9. The number of ether oxygens (including phenoxy) is 2. The lowest BCUT2D eigenvalue weighted by Crippen LogP contribution is -2.16. The van der Waals surface area contributed by atoms with E-state index in [4.69, 9.17) is 14.6 Å². The molecule has 0 aliphatic heterocycles. The summed E-state index contributed by atoms with van der Waals surface area (Å²) in [6.07, 6.45) is 1.70. The van der Waals surface area contributed by atoms with Gasteiger partial charge in [0.2, 0.25) is 0 Å². The summed E-state index contributed by atoms with van der Waals surface area (Å²) in [5.74, 6) is 1.53. The number of aliphatic hydroxyl groups excluding tert-OH is 1. The van der Waals surface area contributed by atoms with Crippen molar-refractivity contribution in [1.29, 1.82) is 0 Å². The summed E-state index contributed by atoms with van der Waals surface area (Å²) >= 11 is 3.48. The van der Waals surface area contributed by atoms with Gasteiger partial charge in [-0.15, -0.1) is 0 Å². The molecule has 1 aromatic rings. The van der Waals surface area contributed by atoms with Crippen LogP contribution in [0, 0.1) is 0 Å². The second-order valence-corrected chi connectivity index (χ2v) is 5.11. The summed E-state index contributed by atoms with van der Waals surface area (Å²) in [6.45, 7) is 4.41. The van der Waals surface area contributed by atoms with Crippen LogP contribution in [-0.4, -0.2) is 32.0 Å². The maximum Gasteiger partial charge on any atom is 0.165 e. The summed E-state index contributed by atoms with van der Waals surface area (Å²) in [4.78, 5) is 0. The molecule has 0 saturated heterocycles. The molecule has 0 atom stereocenters. The Morgan fingerprint density at radius 1 is 1.37 bits per heavy atom. The zero-order chi connectivity index (χ0) is 14.1. The third-order valence-electron chi connectivity index (χ3n) is 2.59. The van der Waals surface area contributed by atoms with Gasteiger partial charge < -0.3 is 19.9 Å². The molecule has 19 heavy (non-hydrogen) atoms. The molecule has 0 aliphatic rings. The van der Waals surface area contributed by atoms with Crippen molar-refractivity contribution in [2.75, 3.05) is 26.9 Å². The monoisotopic (exact) mass is 331 g/mol. The van der Waals surface area contributed by atoms with Crippen LogP contribution in [0.2, 0.25) is 0 Å². The highest BCUT2D eigenvalue weighted by Crippen LogP contribution is 2.35. The van der Waals surface area contributed by atoms with E-state index in [9.17, 15) is 0 Å². The normalized spacial score (nSPS) is 10.5. The SMILES string of the molecule is CCCOc1c(CNCCCO)cc(Br)cc1OC. The molecule has 0 aromatic heterocycles. The first-order valence-electron chi connectivity index (χ1n) is 6.53. The molecule has 2 N–H and O–H groups in total. The molecule has 0 saturated carbocycles. The van der Waals surface area contributed by atoms with Crippen LogP contribution in [0.3, 0.4) is 0 Å². The third-order valence-corrected chi connectivity index (χ3v) is 3.05. The lowest BCUT2D eigenvalue weighted by molar-refractivity contribution is 0.283. The van der Waals surface area contributed by atoms with E-state index in [-0.39, 0.29) is 6.61 Å². The number of hydrogen-bond acceptors (Lipinski definition) is 4. The highest BCUT2D eigenvalue weighted by Gasteiger charge is 2.12. The summed E-state index contributed by atoms with van der Waals surface area (Å²) < 4.78 is 12.1. The summed E-state index contributed by atoms with van der Waals surface area (Å²) in [6, 6.07) is 3.93. The maximum absolute atomic E-state index is 8.77. The molecular weight excluding hydrogens is 310 g/mol. The molecule has 0 spiro atoms. The number of hydrogen-bond donors (Lipinski definition) is 2. The molecular formula is C14H22BrNO3. The van der Waals surface area contributed by atoms with Gasteiger partial charge in [0.1, 0.15) is 0 Å². The minimum Gasteiger partial charge on any atom is -0.493 e. The Hall–Kier alpha value is -0.780. The largest absolute Gasteiger partial charge is 0.493 e. The number of nitrogens with one attached hydrogen (secondary N) is 1. The van der Waals surface area contributed by atoms with Crippen molar-refractivity contribution >= 4 is 15.9 Å². The molecule has 0 radical (unpaired) electrons. The second-order valence-electron chi connectivity index (χ2n) is 4.20. The fourth-order valence-electron chi connectivity index (χ4n) is 1.70. The minimum atomic E-state index is 0.202. The summed E-state index contributed by atoms with van der Waals surface area (Å²) in [7, 11) is 1.64. The van der Waals surface area contributed by atoms with Gasteiger partial charge in [0, 0.05) is 23.2 Å². The Labute approximate surface area is 123 Å². The maximum atomic E-state index is 8.77. The lowest BCUT2D eigenvalue weighted by atomic mass is 10.2. The van der Waals surface area contributed by atoms with Crippen LogP contribution in [0.15, 0.2) is 16.6 Å². The molecule has 108 valence electrons. The Morgan fingerprint density at radius 3 is 2.79 bits per heavy atom. The van der Waals surface area contributed by atoms with Gasteiger partial charge in [-0.05, 0) is 31.5 Å². The van der Waals surface area contributed by atoms with Crippen LogP contribution in [0.1, 0.15) is 25.3 Å². The van der Waals surface area contributed by atoms with Crippen LogP contribution in [0.5, 0.6) is 11.5 Å². The van der Waals surface area contributed by atoms with E-state index >= 15 is 0 Å². The van der Waals surface area contributed by atoms with Gasteiger partial charge in [-0.1, -0.05) is 22.9 Å².